The maximum Gasteiger partial charge on any atom is 0.276 e. The van der Waals surface area contributed by atoms with E-state index in [1.807, 2.05) is 0 Å². The Morgan fingerprint density at radius 1 is 1.18 bits per heavy atom. The highest BCUT2D eigenvalue weighted by molar-refractivity contribution is 7.19. The van der Waals surface area contributed by atoms with Crippen LogP contribution in [0.4, 0.5) is 5.69 Å². The molecule has 6 rings (SSSR count). The summed E-state index contributed by atoms with van der Waals surface area (Å²) in [5.74, 6) is 0. The maximum atomic E-state index is 12.9. The highest BCUT2D eigenvalue weighted by Gasteiger charge is 2.37. The molecular weight excluding hydrogens is 512 g/mol. The first-order chi connectivity index (χ1) is 18.9. The number of thiazole rings is 1. The maximum absolute atomic E-state index is 12.9. The monoisotopic (exact) mass is 546 g/mol. The van der Waals surface area contributed by atoms with E-state index in [-0.39, 0.29) is 30.2 Å². The first-order valence-electron chi connectivity index (χ1n) is 13.8. The van der Waals surface area contributed by atoms with Gasteiger partial charge in [0.15, 0.2) is 0 Å². The number of nitriles is 1. The van der Waals surface area contributed by atoms with E-state index < -0.39 is 0 Å². The Morgan fingerprint density at radius 2 is 1.97 bits per heavy atom. The Hall–Kier alpha value is -3.49. The summed E-state index contributed by atoms with van der Waals surface area (Å²) in [5.41, 5.74) is 4.23. The lowest BCUT2D eigenvalue weighted by Crippen LogP contribution is -2.58. The molecular formula is C28H34N8O2S. The van der Waals surface area contributed by atoms with Gasteiger partial charge in [-0.25, -0.2) is 9.97 Å². The summed E-state index contributed by atoms with van der Waals surface area (Å²) in [5, 5.41) is 14.6. The van der Waals surface area contributed by atoms with E-state index in [9.17, 15) is 10.1 Å². The number of anilines is 1. The third-order valence-corrected chi connectivity index (χ3v) is 8.99. The lowest BCUT2D eigenvalue weighted by atomic mass is 9.98. The minimum absolute atomic E-state index is 0.0696. The molecule has 0 N–H and O–H groups in total. The molecule has 1 saturated heterocycles. The van der Waals surface area contributed by atoms with Crippen LogP contribution in [0.1, 0.15) is 58.2 Å². The van der Waals surface area contributed by atoms with Crippen LogP contribution in [0, 0.1) is 11.3 Å². The molecule has 0 radical (unpaired) electrons. The smallest absolute Gasteiger partial charge is 0.276 e. The van der Waals surface area contributed by atoms with Gasteiger partial charge in [-0.05, 0) is 44.7 Å². The van der Waals surface area contributed by atoms with E-state index >= 15 is 0 Å². The number of nitrogens with zero attached hydrogens (tertiary/aromatic N) is 8. The Kier molecular flexibility index (Phi) is 6.77. The van der Waals surface area contributed by atoms with E-state index in [4.69, 9.17) is 14.8 Å². The molecule has 2 fully saturated rings. The number of fused-ring (bicyclic) bond motifs is 2. The summed E-state index contributed by atoms with van der Waals surface area (Å²) in [6.45, 7) is 8.44. The highest BCUT2D eigenvalue weighted by Crippen LogP contribution is 2.36. The SMILES string of the molecule is CC[C@H]1CN([C@H](C)c2ccc3nc(OC4CC4)sc3n2)[C@H](CC)CN1c1cc(=O)n(C)c2cn(CC#N)nc12. The topological polar surface area (TPSA) is 105 Å². The van der Waals surface area contributed by atoms with Gasteiger partial charge in [-0.1, -0.05) is 25.2 Å². The van der Waals surface area contributed by atoms with Crippen LogP contribution >= 0.6 is 11.3 Å². The molecule has 10 nitrogen and oxygen atoms in total. The number of pyridine rings is 2. The second-order valence-corrected chi connectivity index (χ2v) is 11.6. The van der Waals surface area contributed by atoms with Crippen molar-refractivity contribution in [2.24, 2.45) is 7.05 Å². The van der Waals surface area contributed by atoms with E-state index in [2.05, 4.69) is 53.8 Å². The third-order valence-electron chi connectivity index (χ3n) is 8.14. The van der Waals surface area contributed by atoms with Crippen LogP contribution in [0.3, 0.4) is 0 Å². The van der Waals surface area contributed by atoms with Crippen molar-refractivity contribution in [2.45, 2.75) is 77.2 Å². The molecule has 0 spiro atoms. The Labute approximate surface area is 231 Å². The van der Waals surface area contributed by atoms with Crippen molar-refractivity contribution in [3.8, 4) is 11.3 Å². The molecule has 1 aliphatic heterocycles. The van der Waals surface area contributed by atoms with Crippen molar-refractivity contribution in [1.82, 2.24) is 29.2 Å². The summed E-state index contributed by atoms with van der Waals surface area (Å²) in [6.07, 6.45) is 6.23. The first kappa shape index (κ1) is 25.8. The average Bonchev–Trinajstić information content (AvgIpc) is 3.50. The predicted molar refractivity (Wildman–Crippen MR) is 152 cm³/mol. The van der Waals surface area contributed by atoms with E-state index in [1.165, 1.54) is 11.3 Å². The fourth-order valence-electron chi connectivity index (χ4n) is 5.66. The number of aryl methyl sites for hydroxylation is 1. The van der Waals surface area contributed by atoms with Gasteiger partial charge in [0.1, 0.15) is 28.5 Å². The summed E-state index contributed by atoms with van der Waals surface area (Å²) in [6, 6.07) is 8.63. The number of hydrogen-bond donors (Lipinski definition) is 0. The van der Waals surface area contributed by atoms with Crippen LogP contribution in [-0.4, -0.2) is 60.5 Å². The molecule has 3 atom stereocenters. The van der Waals surface area contributed by atoms with E-state index in [0.717, 1.165) is 71.5 Å². The van der Waals surface area contributed by atoms with Crippen LogP contribution in [-0.2, 0) is 13.6 Å². The fraction of sp³-hybridized carbons (Fsp3) is 0.536. The van der Waals surface area contributed by atoms with Crippen molar-refractivity contribution in [1.29, 1.82) is 5.26 Å². The summed E-state index contributed by atoms with van der Waals surface area (Å²) < 4.78 is 9.14. The number of piperazine rings is 1. The van der Waals surface area contributed by atoms with Crippen LogP contribution in [0.2, 0.25) is 0 Å². The highest BCUT2D eigenvalue weighted by atomic mass is 32.1. The standard InChI is InChI=1S/C28H34N8O2S/c1-5-18-15-36(23-13-25(37)33(4)24-16-34(12-11-29)32-26(23)24)19(6-2)14-35(18)17(3)21-9-10-22-27(30-21)39-28(31-22)38-20-7-8-20/h9-10,13,16-20H,5-8,12,14-15H2,1-4H3/t17-,18-,19+/m1/s1. The summed E-state index contributed by atoms with van der Waals surface area (Å²) >= 11 is 1.53. The van der Waals surface area contributed by atoms with Crippen molar-refractivity contribution < 1.29 is 4.74 Å². The van der Waals surface area contributed by atoms with Crippen molar-refractivity contribution in [3.05, 3.63) is 40.4 Å². The second kappa shape index (κ2) is 10.2. The molecule has 2 aliphatic rings. The molecule has 0 bridgehead atoms. The van der Waals surface area contributed by atoms with Crippen LogP contribution < -0.4 is 15.2 Å². The van der Waals surface area contributed by atoms with Gasteiger partial charge in [0, 0.05) is 44.3 Å². The molecule has 11 heteroatoms. The van der Waals surface area contributed by atoms with Gasteiger partial charge < -0.3 is 14.2 Å². The lowest BCUT2D eigenvalue weighted by molar-refractivity contribution is 0.0993. The lowest BCUT2D eigenvalue weighted by Gasteiger charge is -2.49. The van der Waals surface area contributed by atoms with Gasteiger partial charge in [0.25, 0.3) is 10.8 Å². The fourth-order valence-corrected chi connectivity index (χ4v) is 6.52. The molecule has 1 saturated carbocycles. The zero-order valence-electron chi connectivity index (χ0n) is 22.9. The third kappa shape index (κ3) is 4.76. The van der Waals surface area contributed by atoms with Crippen molar-refractivity contribution in [2.75, 3.05) is 18.0 Å². The minimum Gasteiger partial charge on any atom is -0.467 e. The van der Waals surface area contributed by atoms with Crippen LogP contribution in [0.5, 0.6) is 5.19 Å². The zero-order valence-corrected chi connectivity index (χ0v) is 23.7. The van der Waals surface area contributed by atoms with Crippen LogP contribution in [0.15, 0.2) is 29.2 Å². The van der Waals surface area contributed by atoms with E-state index in [0.29, 0.717) is 11.3 Å². The van der Waals surface area contributed by atoms with Gasteiger partial charge in [-0.15, -0.1) is 0 Å². The predicted octanol–water partition coefficient (Wildman–Crippen LogP) is 4.24. The summed E-state index contributed by atoms with van der Waals surface area (Å²) in [7, 11) is 1.76. The quantitative estimate of drug-likeness (QED) is 0.323. The minimum atomic E-state index is -0.0696. The largest absolute Gasteiger partial charge is 0.467 e. The van der Waals surface area contributed by atoms with Gasteiger partial charge >= 0.3 is 0 Å². The van der Waals surface area contributed by atoms with Gasteiger partial charge in [0.05, 0.1) is 29.2 Å². The van der Waals surface area contributed by atoms with Gasteiger partial charge in [0.2, 0.25) is 0 Å². The van der Waals surface area contributed by atoms with Crippen molar-refractivity contribution in [3.63, 3.8) is 0 Å². The Morgan fingerprint density at radius 3 is 2.69 bits per heavy atom. The molecule has 5 heterocycles. The number of rotatable bonds is 8. The second-order valence-electron chi connectivity index (χ2n) is 10.7. The number of ether oxygens (including phenoxy) is 1. The van der Waals surface area contributed by atoms with Gasteiger partial charge in [-0.3, -0.25) is 14.4 Å². The number of hydrogen-bond acceptors (Lipinski definition) is 9. The van der Waals surface area contributed by atoms with Crippen LogP contribution in [0.25, 0.3) is 21.4 Å². The Bertz CT molecular complexity index is 1610. The summed E-state index contributed by atoms with van der Waals surface area (Å²) in [4.78, 5) is 28.4. The number of aromatic nitrogens is 5. The first-order valence-corrected chi connectivity index (χ1v) is 14.6. The molecule has 39 heavy (non-hydrogen) atoms. The molecule has 0 aromatic carbocycles. The molecule has 204 valence electrons. The molecule has 0 unspecified atom stereocenters. The molecule has 0 amide bonds. The Balaban J connectivity index is 1.30. The average molecular weight is 547 g/mol. The molecule has 1 aliphatic carbocycles. The van der Waals surface area contributed by atoms with Crippen molar-refractivity contribution >= 4 is 38.4 Å². The zero-order chi connectivity index (χ0) is 27.3. The van der Waals surface area contributed by atoms with E-state index in [1.54, 1.807) is 28.6 Å². The molecule has 4 aromatic heterocycles. The molecule has 4 aromatic rings. The normalized spacial score (nSPS) is 20.9. The van der Waals surface area contributed by atoms with Gasteiger partial charge in [-0.2, -0.15) is 10.4 Å².